The summed E-state index contributed by atoms with van der Waals surface area (Å²) < 4.78 is 11.3. The molecule has 1 unspecified atom stereocenters. The van der Waals surface area contributed by atoms with Gasteiger partial charge in [0.1, 0.15) is 5.75 Å². The quantitative estimate of drug-likeness (QED) is 0.835. The zero-order valence-corrected chi connectivity index (χ0v) is 13.9. The van der Waals surface area contributed by atoms with E-state index in [-0.39, 0.29) is 18.3 Å². The van der Waals surface area contributed by atoms with E-state index in [1.165, 1.54) is 0 Å². The molecule has 2 rings (SSSR count). The van der Waals surface area contributed by atoms with Crippen molar-refractivity contribution in [3.05, 3.63) is 29.3 Å². The Labute approximate surface area is 138 Å². The number of ether oxygens (including phenoxy) is 2. The van der Waals surface area contributed by atoms with Gasteiger partial charge in [-0.25, -0.2) is 0 Å². The molecule has 1 heterocycles. The van der Waals surface area contributed by atoms with Crippen molar-refractivity contribution in [1.29, 1.82) is 0 Å². The predicted octanol–water partition coefficient (Wildman–Crippen LogP) is 1.80. The second kappa shape index (κ2) is 8.98. The van der Waals surface area contributed by atoms with Gasteiger partial charge in [-0.05, 0) is 31.9 Å². The number of halogens is 1. The average Bonchev–Trinajstić information content (AvgIpc) is 2.96. The number of amides is 1. The Balaban J connectivity index is 0.00000242. The van der Waals surface area contributed by atoms with Crippen LogP contribution in [-0.4, -0.2) is 31.8 Å². The van der Waals surface area contributed by atoms with Gasteiger partial charge in [-0.2, -0.15) is 0 Å². The summed E-state index contributed by atoms with van der Waals surface area (Å²) in [5.74, 6) is 1.12. The SMILES string of the molecule is Cc1ccc(CNC(=O)[C@@H](C)N)c(OCC2CCOC2)c1.Cl. The first kappa shape index (κ1) is 18.7. The van der Waals surface area contributed by atoms with Crippen molar-refractivity contribution in [2.75, 3.05) is 19.8 Å². The maximum atomic E-state index is 11.6. The highest BCUT2D eigenvalue weighted by molar-refractivity contribution is 5.85. The Hall–Kier alpha value is -1.30. The number of rotatable bonds is 6. The lowest BCUT2D eigenvalue weighted by atomic mass is 10.1. The van der Waals surface area contributed by atoms with Crippen LogP contribution in [0.15, 0.2) is 18.2 Å². The lowest BCUT2D eigenvalue weighted by molar-refractivity contribution is -0.122. The fraction of sp³-hybridized carbons (Fsp3) is 0.562. The number of hydrogen-bond acceptors (Lipinski definition) is 4. The molecule has 1 aliphatic heterocycles. The highest BCUT2D eigenvalue weighted by Gasteiger charge is 2.17. The van der Waals surface area contributed by atoms with Crippen LogP contribution in [0.4, 0.5) is 0 Å². The molecule has 1 amide bonds. The van der Waals surface area contributed by atoms with Gasteiger partial charge in [0, 0.05) is 24.6 Å². The Morgan fingerprint density at radius 2 is 2.32 bits per heavy atom. The average molecular weight is 329 g/mol. The predicted molar refractivity (Wildman–Crippen MR) is 88.3 cm³/mol. The van der Waals surface area contributed by atoms with E-state index in [0.29, 0.717) is 19.1 Å². The summed E-state index contributed by atoms with van der Waals surface area (Å²) in [4.78, 5) is 11.6. The van der Waals surface area contributed by atoms with E-state index in [2.05, 4.69) is 5.32 Å². The lowest BCUT2D eigenvalue weighted by Gasteiger charge is -2.16. The van der Waals surface area contributed by atoms with Crippen LogP contribution < -0.4 is 15.8 Å². The normalized spacial score (nSPS) is 18.4. The molecule has 0 saturated carbocycles. The van der Waals surface area contributed by atoms with E-state index in [0.717, 1.165) is 36.5 Å². The smallest absolute Gasteiger partial charge is 0.236 e. The largest absolute Gasteiger partial charge is 0.493 e. The maximum Gasteiger partial charge on any atom is 0.236 e. The van der Waals surface area contributed by atoms with Crippen molar-refractivity contribution >= 4 is 18.3 Å². The molecule has 0 aliphatic carbocycles. The Bertz CT molecular complexity index is 488. The van der Waals surface area contributed by atoms with Crippen LogP contribution in [0.1, 0.15) is 24.5 Å². The van der Waals surface area contributed by atoms with Gasteiger partial charge in [0.25, 0.3) is 0 Å². The van der Waals surface area contributed by atoms with Crippen molar-refractivity contribution in [3.63, 3.8) is 0 Å². The highest BCUT2D eigenvalue weighted by atomic mass is 35.5. The third kappa shape index (κ3) is 5.48. The first-order chi connectivity index (χ1) is 10.1. The molecular formula is C16H25ClN2O3. The summed E-state index contributed by atoms with van der Waals surface area (Å²) in [6.07, 6.45) is 1.04. The van der Waals surface area contributed by atoms with Crippen molar-refractivity contribution in [2.24, 2.45) is 11.7 Å². The van der Waals surface area contributed by atoms with Gasteiger partial charge in [0.15, 0.2) is 0 Å². The molecule has 1 fully saturated rings. The van der Waals surface area contributed by atoms with Crippen LogP contribution >= 0.6 is 12.4 Å². The first-order valence-electron chi connectivity index (χ1n) is 7.39. The van der Waals surface area contributed by atoms with E-state index in [1.54, 1.807) is 6.92 Å². The second-order valence-electron chi connectivity index (χ2n) is 5.66. The van der Waals surface area contributed by atoms with Crippen molar-refractivity contribution in [3.8, 4) is 5.75 Å². The van der Waals surface area contributed by atoms with Crippen LogP contribution in [0.3, 0.4) is 0 Å². The Morgan fingerprint density at radius 1 is 1.55 bits per heavy atom. The van der Waals surface area contributed by atoms with Gasteiger partial charge >= 0.3 is 0 Å². The Kier molecular flexibility index (Phi) is 7.65. The monoisotopic (exact) mass is 328 g/mol. The van der Waals surface area contributed by atoms with Gasteiger partial charge < -0.3 is 20.5 Å². The molecule has 1 aromatic rings. The minimum atomic E-state index is -0.504. The van der Waals surface area contributed by atoms with E-state index in [9.17, 15) is 4.79 Å². The third-order valence-corrected chi connectivity index (χ3v) is 3.59. The molecule has 2 atom stereocenters. The summed E-state index contributed by atoms with van der Waals surface area (Å²) in [5.41, 5.74) is 7.65. The summed E-state index contributed by atoms with van der Waals surface area (Å²) in [7, 11) is 0. The van der Waals surface area contributed by atoms with E-state index in [1.807, 2.05) is 25.1 Å². The van der Waals surface area contributed by atoms with Crippen molar-refractivity contribution in [2.45, 2.75) is 32.9 Å². The summed E-state index contributed by atoms with van der Waals surface area (Å²) >= 11 is 0. The molecule has 0 aromatic heterocycles. The number of hydrogen-bond donors (Lipinski definition) is 2. The molecule has 124 valence electrons. The van der Waals surface area contributed by atoms with Gasteiger partial charge in [-0.1, -0.05) is 12.1 Å². The number of nitrogens with two attached hydrogens (primary N) is 1. The molecule has 0 bridgehead atoms. The fourth-order valence-corrected chi connectivity index (χ4v) is 2.21. The van der Waals surface area contributed by atoms with E-state index >= 15 is 0 Å². The third-order valence-electron chi connectivity index (χ3n) is 3.59. The first-order valence-corrected chi connectivity index (χ1v) is 7.39. The topological polar surface area (TPSA) is 73.6 Å². The van der Waals surface area contributed by atoms with Gasteiger partial charge in [0.2, 0.25) is 5.91 Å². The molecule has 1 aliphatic rings. The maximum absolute atomic E-state index is 11.6. The number of carbonyl (C=O) groups excluding carboxylic acids is 1. The van der Waals surface area contributed by atoms with Crippen LogP contribution in [0.5, 0.6) is 5.75 Å². The standard InChI is InChI=1S/C16H24N2O3.ClH/c1-11-3-4-14(8-18-16(19)12(2)17)15(7-11)21-10-13-5-6-20-9-13;/h3-4,7,12-13H,5-6,8-10,17H2,1-2H3,(H,18,19);1H/t12-,13?;/m1./s1. The van der Waals surface area contributed by atoms with Crippen LogP contribution in [-0.2, 0) is 16.1 Å². The Morgan fingerprint density at radius 3 is 2.95 bits per heavy atom. The summed E-state index contributed by atoms with van der Waals surface area (Å²) in [6.45, 7) is 6.36. The molecule has 0 spiro atoms. The highest BCUT2D eigenvalue weighted by Crippen LogP contribution is 2.22. The van der Waals surface area contributed by atoms with Crippen LogP contribution in [0, 0.1) is 12.8 Å². The van der Waals surface area contributed by atoms with Gasteiger partial charge in [-0.3, -0.25) is 4.79 Å². The number of aryl methyl sites for hydroxylation is 1. The summed E-state index contributed by atoms with van der Waals surface area (Å²) in [6, 6.07) is 5.50. The van der Waals surface area contributed by atoms with Crippen molar-refractivity contribution in [1.82, 2.24) is 5.32 Å². The van der Waals surface area contributed by atoms with Crippen LogP contribution in [0.25, 0.3) is 0 Å². The zero-order chi connectivity index (χ0) is 15.2. The summed E-state index contributed by atoms with van der Waals surface area (Å²) in [5, 5.41) is 2.82. The van der Waals surface area contributed by atoms with E-state index in [4.69, 9.17) is 15.2 Å². The van der Waals surface area contributed by atoms with Crippen LogP contribution in [0.2, 0.25) is 0 Å². The number of benzene rings is 1. The molecule has 6 heteroatoms. The lowest BCUT2D eigenvalue weighted by Crippen LogP contribution is -2.37. The molecule has 1 saturated heterocycles. The van der Waals surface area contributed by atoms with E-state index < -0.39 is 6.04 Å². The molecule has 3 N–H and O–H groups in total. The number of carbonyl (C=O) groups is 1. The van der Waals surface area contributed by atoms with Crippen molar-refractivity contribution < 1.29 is 14.3 Å². The number of nitrogens with one attached hydrogen (secondary N) is 1. The van der Waals surface area contributed by atoms with Gasteiger partial charge in [-0.15, -0.1) is 12.4 Å². The molecule has 22 heavy (non-hydrogen) atoms. The second-order valence-corrected chi connectivity index (χ2v) is 5.66. The van der Waals surface area contributed by atoms with Gasteiger partial charge in [0.05, 0.1) is 19.3 Å². The minimum Gasteiger partial charge on any atom is -0.493 e. The molecular weight excluding hydrogens is 304 g/mol. The molecule has 1 aromatic carbocycles. The fourth-order valence-electron chi connectivity index (χ4n) is 2.21. The zero-order valence-electron chi connectivity index (χ0n) is 13.1. The molecule has 0 radical (unpaired) electrons. The minimum absolute atomic E-state index is 0. The molecule has 5 nitrogen and oxygen atoms in total.